The lowest BCUT2D eigenvalue weighted by molar-refractivity contribution is -0.384. The number of nitrogens with one attached hydrogen (secondary N) is 1. The first-order chi connectivity index (χ1) is 9.74. The van der Waals surface area contributed by atoms with Crippen molar-refractivity contribution in [2.75, 3.05) is 23.7 Å². The third-order valence-corrected chi connectivity index (χ3v) is 4.82. The fourth-order valence-electron chi connectivity index (χ4n) is 1.73. The van der Waals surface area contributed by atoms with Gasteiger partial charge in [-0.2, -0.15) is 0 Å². The summed E-state index contributed by atoms with van der Waals surface area (Å²) in [6, 6.07) is 5.77. The number of hydrogen-bond acceptors (Lipinski definition) is 5. The summed E-state index contributed by atoms with van der Waals surface area (Å²) in [7, 11) is -1.97. The maximum atomic E-state index is 12.2. The molecule has 0 heterocycles. The second-order valence-corrected chi connectivity index (χ2v) is 7.14. The summed E-state index contributed by atoms with van der Waals surface area (Å²) >= 11 is 0. The Morgan fingerprint density at radius 3 is 2.33 bits per heavy atom. The van der Waals surface area contributed by atoms with Crippen LogP contribution in [-0.2, 0) is 10.0 Å². The molecule has 0 bridgehead atoms. The third kappa shape index (κ3) is 5.31. The minimum absolute atomic E-state index is 0.0280. The van der Waals surface area contributed by atoms with E-state index in [0.29, 0.717) is 24.7 Å². The molecule has 8 heteroatoms. The van der Waals surface area contributed by atoms with Crippen LogP contribution < -0.4 is 9.62 Å². The predicted molar refractivity (Wildman–Crippen MR) is 83.0 cm³/mol. The third-order valence-electron chi connectivity index (χ3n) is 2.97. The molecule has 1 rings (SSSR count). The molecular formula is C13H21N3O4S. The van der Waals surface area contributed by atoms with E-state index in [1.54, 1.807) is 0 Å². The van der Waals surface area contributed by atoms with Crippen molar-refractivity contribution in [2.45, 2.75) is 26.3 Å². The monoisotopic (exact) mass is 315 g/mol. The van der Waals surface area contributed by atoms with E-state index >= 15 is 0 Å². The largest absolute Gasteiger partial charge is 0.314 e. The molecule has 0 aliphatic heterocycles. The van der Waals surface area contributed by atoms with Gasteiger partial charge in [0, 0.05) is 25.2 Å². The van der Waals surface area contributed by atoms with Crippen LogP contribution in [-0.4, -0.2) is 38.7 Å². The van der Waals surface area contributed by atoms with E-state index in [1.165, 1.54) is 31.3 Å². The molecule has 0 aliphatic rings. The van der Waals surface area contributed by atoms with Crippen LogP contribution >= 0.6 is 0 Å². The standard InChI is InChI=1S/C13H21N3O4S/c1-11(2)14-9-4-10-21(19,20)15(3)12-5-7-13(8-6-12)16(17)18/h5-8,11,14H,4,9-10H2,1-3H3. The van der Waals surface area contributed by atoms with Gasteiger partial charge in [0.1, 0.15) is 0 Å². The summed E-state index contributed by atoms with van der Waals surface area (Å²) in [5, 5.41) is 13.7. The quantitative estimate of drug-likeness (QED) is 0.448. The van der Waals surface area contributed by atoms with E-state index in [2.05, 4.69) is 5.32 Å². The first-order valence-electron chi connectivity index (χ1n) is 6.68. The molecule has 0 fully saturated rings. The lowest BCUT2D eigenvalue weighted by Gasteiger charge is -2.19. The van der Waals surface area contributed by atoms with Crippen LogP contribution in [0.3, 0.4) is 0 Å². The average molecular weight is 315 g/mol. The molecule has 1 aromatic carbocycles. The van der Waals surface area contributed by atoms with Gasteiger partial charge in [0.2, 0.25) is 10.0 Å². The lowest BCUT2D eigenvalue weighted by atomic mass is 10.3. The SMILES string of the molecule is CC(C)NCCCS(=O)(=O)N(C)c1ccc([N+](=O)[O-])cc1. The fraction of sp³-hybridized carbons (Fsp3) is 0.538. The van der Waals surface area contributed by atoms with Gasteiger partial charge < -0.3 is 5.32 Å². The molecule has 0 aliphatic carbocycles. The van der Waals surface area contributed by atoms with Gasteiger partial charge >= 0.3 is 0 Å². The zero-order valence-electron chi connectivity index (χ0n) is 12.4. The molecule has 21 heavy (non-hydrogen) atoms. The second kappa shape index (κ2) is 7.37. The molecule has 118 valence electrons. The Hall–Kier alpha value is -1.67. The Bertz CT molecular complexity index is 570. The van der Waals surface area contributed by atoms with Gasteiger partial charge in [0.15, 0.2) is 0 Å². The van der Waals surface area contributed by atoms with E-state index in [0.717, 1.165) is 4.31 Å². The van der Waals surface area contributed by atoms with Crippen LogP contribution in [0.1, 0.15) is 20.3 Å². The molecule has 0 saturated carbocycles. The number of rotatable bonds is 8. The van der Waals surface area contributed by atoms with Crippen LogP contribution in [0.25, 0.3) is 0 Å². The first kappa shape index (κ1) is 17.4. The normalized spacial score (nSPS) is 11.6. The Morgan fingerprint density at radius 1 is 1.29 bits per heavy atom. The van der Waals surface area contributed by atoms with Crippen molar-refractivity contribution in [3.8, 4) is 0 Å². The topological polar surface area (TPSA) is 92.6 Å². The fourth-order valence-corrected chi connectivity index (χ4v) is 2.95. The summed E-state index contributed by atoms with van der Waals surface area (Å²) in [5.74, 6) is 0.0280. The first-order valence-corrected chi connectivity index (χ1v) is 8.29. The Morgan fingerprint density at radius 2 is 1.86 bits per heavy atom. The predicted octanol–water partition coefficient (Wildman–Crippen LogP) is 1.75. The zero-order valence-corrected chi connectivity index (χ0v) is 13.3. The molecule has 7 nitrogen and oxygen atoms in total. The number of nitrogens with zero attached hydrogens (tertiary/aromatic N) is 2. The van der Waals surface area contributed by atoms with Crippen LogP contribution in [0.2, 0.25) is 0 Å². The van der Waals surface area contributed by atoms with Gasteiger partial charge in [-0.15, -0.1) is 0 Å². The molecular weight excluding hydrogens is 294 g/mol. The zero-order chi connectivity index (χ0) is 16.0. The molecule has 0 amide bonds. The van der Waals surface area contributed by atoms with Crippen molar-refractivity contribution in [3.05, 3.63) is 34.4 Å². The number of sulfonamides is 1. The highest BCUT2D eigenvalue weighted by molar-refractivity contribution is 7.92. The average Bonchev–Trinajstić information content (AvgIpc) is 2.42. The minimum Gasteiger partial charge on any atom is -0.314 e. The van der Waals surface area contributed by atoms with E-state index in [1.807, 2.05) is 13.8 Å². The number of anilines is 1. The number of benzene rings is 1. The van der Waals surface area contributed by atoms with E-state index in [-0.39, 0.29) is 11.4 Å². The van der Waals surface area contributed by atoms with E-state index in [9.17, 15) is 18.5 Å². The highest BCUT2D eigenvalue weighted by Gasteiger charge is 2.18. The molecule has 0 radical (unpaired) electrons. The van der Waals surface area contributed by atoms with Crippen LogP contribution in [0.15, 0.2) is 24.3 Å². The van der Waals surface area contributed by atoms with E-state index < -0.39 is 14.9 Å². The van der Waals surface area contributed by atoms with Gasteiger partial charge in [-0.25, -0.2) is 8.42 Å². The number of non-ortho nitro benzene ring substituents is 1. The number of nitro groups is 1. The van der Waals surface area contributed by atoms with Gasteiger partial charge in [0.25, 0.3) is 5.69 Å². The van der Waals surface area contributed by atoms with Crippen LogP contribution in [0.4, 0.5) is 11.4 Å². The van der Waals surface area contributed by atoms with Gasteiger partial charge in [-0.05, 0) is 25.1 Å². The molecule has 0 saturated heterocycles. The van der Waals surface area contributed by atoms with Crippen molar-refractivity contribution in [1.29, 1.82) is 0 Å². The van der Waals surface area contributed by atoms with Gasteiger partial charge in [-0.1, -0.05) is 13.8 Å². The summed E-state index contributed by atoms with van der Waals surface area (Å²) in [4.78, 5) is 10.1. The van der Waals surface area contributed by atoms with Gasteiger partial charge in [0.05, 0.1) is 16.4 Å². The summed E-state index contributed by atoms with van der Waals surface area (Å²) in [6.07, 6.45) is 0.512. The van der Waals surface area contributed by atoms with Crippen molar-refractivity contribution in [1.82, 2.24) is 5.32 Å². The molecule has 1 N–H and O–H groups in total. The second-order valence-electron chi connectivity index (χ2n) is 5.02. The minimum atomic E-state index is -3.42. The molecule has 0 spiro atoms. The van der Waals surface area contributed by atoms with Crippen LogP contribution in [0.5, 0.6) is 0 Å². The smallest absolute Gasteiger partial charge is 0.269 e. The Balaban J connectivity index is 2.67. The maximum Gasteiger partial charge on any atom is 0.269 e. The summed E-state index contributed by atoms with van der Waals surface area (Å²) in [5.41, 5.74) is 0.350. The highest BCUT2D eigenvalue weighted by atomic mass is 32.2. The van der Waals surface area contributed by atoms with Crippen molar-refractivity contribution in [2.24, 2.45) is 0 Å². The van der Waals surface area contributed by atoms with Gasteiger partial charge in [-0.3, -0.25) is 14.4 Å². The van der Waals surface area contributed by atoms with Crippen LogP contribution in [0, 0.1) is 10.1 Å². The highest BCUT2D eigenvalue weighted by Crippen LogP contribution is 2.20. The summed E-state index contributed by atoms with van der Waals surface area (Å²) < 4.78 is 25.5. The summed E-state index contributed by atoms with van der Waals surface area (Å²) in [6.45, 7) is 4.62. The molecule has 0 unspecified atom stereocenters. The number of hydrogen-bond donors (Lipinski definition) is 1. The van der Waals surface area contributed by atoms with Crippen molar-refractivity contribution in [3.63, 3.8) is 0 Å². The molecule has 0 atom stereocenters. The van der Waals surface area contributed by atoms with Crippen molar-refractivity contribution < 1.29 is 13.3 Å². The van der Waals surface area contributed by atoms with E-state index in [4.69, 9.17) is 0 Å². The number of nitro benzene ring substituents is 1. The Labute approximate surface area is 125 Å². The molecule has 0 aromatic heterocycles. The maximum absolute atomic E-state index is 12.2. The molecule has 1 aromatic rings. The Kier molecular flexibility index (Phi) is 6.10. The lowest BCUT2D eigenvalue weighted by Crippen LogP contribution is -2.31. The van der Waals surface area contributed by atoms with Crippen molar-refractivity contribution >= 4 is 21.4 Å².